The minimum Gasteiger partial charge on any atom is -0.379 e. The number of aromatic amines is 1. The summed E-state index contributed by atoms with van der Waals surface area (Å²) in [5.74, 6) is 0.0441. The summed E-state index contributed by atoms with van der Waals surface area (Å²) in [4.78, 5) is 28.9. The Kier molecular flexibility index (Phi) is 6.26. The summed E-state index contributed by atoms with van der Waals surface area (Å²) in [5, 5.41) is 10.1. The van der Waals surface area contributed by atoms with Gasteiger partial charge < -0.3 is 15.0 Å². The largest absolute Gasteiger partial charge is 0.379 e. The van der Waals surface area contributed by atoms with E-state index in [9.17, 15) is 9.59 Å². The molecule has 0 aliphatic carbocycles. The van der Waals surface area contributed by atoms with E-state index < -0.39 is 0 Å². The Morgan fingerprint density at radius 2 is 2.08 bits per heavy atom. The van der Waals surface area contributed by atoms with Gasteiger partial charge in [-0.25, -0.2) is 0 Å². The summed E-state index contributed by atoms with van der Waals surface area (Å²) < 4.78 is 5.35. The highest BCUT2D eigenvalue weighted by Gasteiger charge is 2.30. The van der Waals surface area contributed by atoms with Crippen LogP contribution in [0, 0.1) is 19.8 Å². The number of likely N-dealkylation sites (tertiary alicyclic amines) is 1. The summed E-state index contributed by atoms with van der Waals surface area (Å²) >= 11 is 0. The van der Waals surface area contributed by atoms with Crippen molar-refractivity contribution < 1.29 is 14.3 Å². The second-order valence-electron chi connectivity index (χ2n) is 7.16. The SMILES string of the molecule is Cc1n[nH]c(C)c1CNC(=O)[C@H]1CCC(=O)N(CCN2CCOCC2)C1. The van der Waals surface area contributed by atoms with Gasteiger partial charge in [-0.2, -0.15) is 5.10 Å². The fourth-order valence-electron chi connectivity index (χ4n) is 3.59. The van der Waals surface area contributed by atoms with Crippen molar-refractivity contribution in [1.82, 2.24) is 25.3 Å². The van der Waals surface area contributed by atoms with Gasteiger partial charge in [-0.05, 0) is 20.3 Å². The van der Waals surface area contributed by atoms with Crippen molar-refractivity contribution in [2.24, 2.45) is 5.92 Å². The van der Waals surface area contributed by atoms with E-state index in [0.717, 1.165) is 49.8 Å². The van der Waals surface area contributed by atoms with E-state index in [1.807, 2.05) is 18.7 Å². The molecule has 1 aromatic rings. The first-order valence-corrected chi connectivity index (χ1v) is 9.40. The number of amides is 2. The Bertz CT molecular complexity index is 619. The molecule has 2 aliphatic rings. The molecule has 3 heterocycles. The van der Waals surface area contributed by atoms with Crippen molar-refractivity contribution >= 4 is 11.8 Å². The molecule has 0 bridgehead atoms. The Balaban J connectivity index is 1.48. The number of piperidine rings is 1. The number of hydrogen-bond acceptors (Lipinski definition) is 5. The molecule has 26 heavy (non-hydrogen) atoms. The van der Waals surface area contributed by atoms with Crippen molar-refractivity contribution in [2.75, 3.05) is 45.9 Å². The summed E-state index contributed by atoms with van der Waals surface area (Å²) in [6, 6.07) is 0. The lowest BCUT2D eigenvalue weighted by molar-refractivity contribution is -0.138. The van der Waals surface area contributed by atoms with E-state index in [1.54, 1.807) is 0 Å². The van der Waals surface area contributed by atoms with Crippen LogP contribution in [0.5, 0.6) is 0 Å². The first kappa shape index (κ1) is 18.8. The number of rotatable bonds is 6. The highest BCUT2D eigenvalue weighted by atomic mass is 16.5. The fraction of sp³-hybridized carbons (Fsp3) is 0.722. The molecular weight excluding hydrogens is 334 g/mol. The predicted molar refractivity (Wildman–Crippen MR) is 96.5 cm³/mol. The summed E-state index contributed by atoms with van der Waals surface area (Å²) in [5.41, 5.74) is 2.93. The standard InChI is InChI=1S/C18H29N5O3/c1-13-16(14(2)21-20-13)11-19-18(25)15-3-4-17(24)23(12-15)6-5-22-7-9-26-10-8-22/h15H,3-12H2,1-2H3,(H,19,25)(H,20,21)/t15-/m0/s1. The van der Waals surface area contributed by atoms with Crippen LogP contribution in [0.25, 0.3) is 0 Å². The van der Waals surface area contributed by atoms with Gasteiger partial charge in [-0.1, -0.05) is 0 Å². The third-order valence-electron chi connectivity index (χ3n) is 5.38. The number of H-pyrrole nitrogens is 1. The molecule has 1 aromatic heterocycles. The third kappa shape index (κ3) is 4.62. The Morgan fingerprint density at radius 1 is 1.31 bits per heavy atom. The molecule has 2 fully saturated rings. The van der Waals surface area contributed by atoms with E-state index >= 15 is 0 Å². The van der Waals surface area contributed by atoms with Gasteiger partial charge in [0.15, 0.2) is 0 Å². The zero-order valence-corrected chi connectivity index (χ0v) is 15.7. The highest BCUT2D eigenvalue weighted by molar-refractivity contribution is 5.83. The van der Waals surface area contributed by atoms with Crippen LogP contribution in [0.15, 0.2) is 0 Å². The molecule has 2 saturated heterocycles. The molecule has 2 aliphatic heterocycles. The topological polar surface area (TPSA) is 90.6 Å². The number of hydrogen-bond donors (Lipinski definition) is 2. The molecule has 0 radical (unpaired) electrons. The number of aryl methyl sites for hydroxylation is 2. The smallest absolute Gasteiger partial charge is 0.225 e. The van der Waals surface area contributed by atoms with E-state index in [4.69, 9.17) is 4.74 Å². The van der Waals surface area contributed by atoms with Gasteiger partial charge in [-0.15, -0.1) is 0 Å². The number of aromatic nitrogens is 2. The average Bonchev–Trinajstić information content (AvgIpc) is 2.97. The molecule has 0 saturated carbocycles. The Hall–Kier alpha value is -1.93. The molecule has 2 N–H and O–H groups in total. The van der Waals surface area contributed by atoms with Crippen molar-refractivity contribution in [3.63, 3.8) is 0 Å². The Labute approximate surface area is 154 Å². The normalized spacial score (nSPS) is 21.8. The lowest BCUT2D eigenvalue weighted by atomic mass is 9.96. The molecule has 144 valence electrons. The maximum atomic E-state index is 12.6. The van der Waals surface area contributed by atoms with Gasteiger partial charge in [0.25, 0.3) is 0 Å². The van der Waals surface area contributed by atoms with Gasteiger partial charge >= 0.3 is 0 Å². The first-order valence-electron chi connectivity index (χ1n) is 9.40. The molecule has 1 atom stereocenters. The van der Waals surface area contributed by atoms with E-state index in [1.165, 1.54) is 0 Å². The van der Waals surface area contributed by atoms with Crippen LogP contribution in [0.1, 0.15) is 29.8 Å². The molecule has 0 unspecified atom stereocenters. The minimum atomic E-state index is -0.134. The highest BCUT2D eigenvalue weighted by Crippen LogP contribution is 2.18. The van der Waals surface area contributed by atoms with E-state index in [-0.39, 0.29) is 17.7 Å². The predicted octanol–water partition coefficient (Wildman–Crippen LogP) is 0.214. The van der Waals surface area contributed by atoms with Crippen LogP contribution in [-0.2, 0) is 20.9 Å². The molecule has 8 heteroatoms. The van der Waals surface area contributed by atoms with Gasteiger partial charge in [-0.3, -0.25) is 19.6 Å². The van der Waals surface area contributed by atoms with E-state index in [0.29, 0.717) is 32.5 Å². The van der Waals surface area contributed by atoms with Gasteiger partial charge in [0.1, 0.15) is 0 Å². The van der Waals surface area contributed by atoms with Crippen LogP contribution >= 0.6 is 0 Å². The second kappa shape index (κ2) is 8.64. The average molecular weight is 363 g/mol. The number of carbonyl (C=O) groups excluding carboxylic acids is 2. The lowest BCUT2D eigenvalue weighted by Crippen LogP contribution is -2.49. The summed E-state index contributed by atoms with van der Waals surface area (Å²) in [6.45, 7) is 9.73. The first-order chi connectivity index (χ1) is 12.5. The van der Waals surface area contributed by atoms with Crippen molar-refractivity contribution in [3.8, 4) is 0 Å². The molecule has 3 rings (SSSR count). The third-order valence-corrected chi connectivity index (χ3v) is 5.38. The van der Waals surface area contributed by atoms with Crippen molar-refractivity contribution in [1.29, 1.82) is 0 Å². The number of carbonyl (C=O) groups is 2. The van der Waals surface area contributed by atoms with Crippen LogP contribution in [0.3, 0.4) is 0 Å². The zero-order chi connectivity index (χ0) is 18.5. The number of morpholine rings is 1. The quantitative estimate of drug-likeness (QED) is 0.754. The van der Waals surface area contributed by atoms with Crippen LogP contribution in [0.2, 0.25) is 0 Å². The minimum absolute atomic E-state index is 0.0221. The van der Waals surface area contributed by atoms with Crippen molar-refractivity contribution in [2.45, 2.75) is 33.2 Å². The van der Waals surface area contributed by atoms with Gasteiger partial charge in [0, 0.05) is 56.9 Å². The Morgan fingerprint density at radius 3 is 2.77 bits per heavy atom. The second-order valence-corrected chi connectivity index (χ2v) is 7.16. The van der Waals surface area contributed by atoms with Crippen LogP contribution in [0.4, 0.5) is 0 Å². The van der Waals surface area contributed by atoms with Crippen LogP contribution in [-0.4, -0.2) is 77.7 Å². The molecular formula is C18H29N5O3. The number of ether oxygens (including phenoxy) is 1. The monoisotopic (exact) mass is 363 g/mol. The molecule has 2 amide bonds. The molecule has 8 nitrogen and oxygen atoms in total. The van der Waals surface area contributed by atoms with Gasteiger partial charge in [0.05, 0.1) is 24.8 Å². The maximum absolute atomic E-state index is 12.6. The molecule has 0 spiro atoms. The lowest BCUT2D eigenvalue weighted by Gasteiger charge is -2.34. The zero-order valence-electron chi connectivity index (χ0n) is 15.7. The van der Waals surface area contributed by atoms with Crippen LogP contribution < -0.4 is 5.32 Å². The summed E-state index contributed by atoms with van der Waals surface area (Å²) in [6.07, 6.45) is 1.08. The number of nitrogens with one attached hydrogen (secondary N) is 2. The molecule has 0 aromatic carbocycles. The van der Waals surface area contributed by atoms with Gasteiger partial charge in [0.2, 0.25) is 11.8 Å². The van der Waals surface area contributed by atoms with Crippen molar-refractivity contribution in [3.05, 3.63) is 17.0 Å². The number of nitrogens with zero attached hydrogens (tertiary/aromatic N) is 3. The maximum Gasteiger partial charge on any atom is 0.225 e. The summed E-state index contributed by atoms with van der Waals surface area (Å²) in [7, 11) is 0. The van der Waals surface area contributed by atoms with E-state index in [2.05, 4.69) is 20.4 Å². The fourth-order valence-corrected chi connectivity index (χ4v) is 3.59.